The van der Waals surface area contributed by atoms with Gasteiger partial charge >= 0.3 is 11.7 Å². The van der Waals surface area contributed by atoms with E-state index in [9.17, 15) is 14.8 Å². The highest BCUT2D eigenvalue weighted by molar-refractivity contribution is 5.95. The molecule has 6 nitrogen and oxygen atoms in total. The molecule has 1 aromatic carbocycles. The molecule has 2 rings (SSSR count). The fraction of sp³-hybridized carbons (Fsp3) is 0.235. The minimum Gasteiger partial charge on any atom is -0.618 e. The molecule has 0 spiro atoms. The summed E-state index contributed by atoms with van der Waals surface area (Å²) >= 11 is 0. The summed E-state index contributed by atoms with van der Waals surface area (Å²) < 4.78 is 5.28. The lowest BCUT2D eigenvalue weighted by Crippen LogP contribution is -2.35. The average molecular weight is 314 g/mol. The third-order valence-corrected chi connectivity index (χ3v) is 3.37. The maximum atomic E-state index is 12.0. The number of esters is 1. The van der Waals surface area contributed by atoms with Crippen LogP contribution in [0.15, 0.2) is 42.6 Å². The molecule has 23 heavy (non-hydrogen) atoms. The van der Waals surface area contributed by atoms with Crippen molar-refractivity contribution in [3.8, 4) is 0 Å². The Morgan fingerprint density at radius 1 is 1.22 bits per heavy atom. The number of aryl methyl sites for hydroxylation is 2. The first kappa shape index (κ1) is 16.5. The van der Waals surface area contributed by atoms with E-state index in [4.69, 9.17) is 4.74 Å². The summed E-state index contributed by atoms with van der Waals surface area (Å²) in [6.45, 7) is 3.43. The van der Waals surface area contributed by atoms with Crippen LogP contribution in [0.3, 0.4) is 0 Å². The van der Waals surface area contributed by atoms with E-state index in [-0.39, 0.29) is 5.69 Å². The second-order valence-corrected chi connectivity index (χ2v) is 5.00. The number of amides is 1. The van der Waals surface area contributed by atoms with Gasteiger partial charge in [-0.2, -0.15) is 4.73 Å². The number of para-hydroxylation sites is 1. The molecule has 0 atom stereocenters. The van der Waals surface area contributed by atoms with Gasteiger partial charge in [0.05, 0.1) is 0 Å². The molecule has 0 aliphatic heterocycles. The highest BCUT2D eigenvalue weighted by Crippen LogP contribution is 2.20. The van der Waals surface area contributed by atoms with Crippen LogP contribution in [0.2, 0.25) is 0 Å². The molecule has 1 heterocycles. The number of hydrogen-bond acceptors (Lipinski definition) is 4. The van der Waals surface area contributed by atoms with Gasteiger partial charge in [0.25, 0.3) is 5.91 Å². The zero-order valence-corrected chi connectivity index (χ0v) is 13.0. The normalized spacial score (nSPS) is 10.2. The predicted octanol–water partition coefficient (Wildman–Crippen LogP) is 1.99. The Kier molecular flexibility index (Phi) is 5.30. The van der Waals surface area contributed by atoms with Gasteiger partial charge in [-0.15, -0.1) is 0 Å². The van der Waals surface area contributed by atoms with E-state index in [0.29, 0.717) is 4.73 Å². The minimum absolute atomic E-state index is 0.162. The molecule has 1 amide bonds. The monoisotopic (exact) mass is 314 g/mol. The summed E-state index contributed by atoms with van der Waals surface area (Å²) in [5, 5.41) is 14.2. The van der Waals surface area contributed by atoms with E-state index in [2.05, 4.69) is 5.32 Å². The number of nitrogens with one attached hydrogen (secondary N) is 1. The molecule has 1 aromatic heterocycles. The minimum atomic E-state index is -0.837. The lowest BCUT2D eigenvalue weighted by molar-refractivity contribution is -0.608. The van der Waals surface area contributed by atoms with Crippen molar-refractivity contribution in [1.82, 2.24) is 0 Å². The summed E-state index contributed by atoms with van der Waals surface area (Å²) in [5.41, 5.74) is 2.51. The van der Waals surface area contributed by atoms with E-state index in [1.165, 1.54) is 18.3 Å². The third kappa shape index (κ3) is 4.06. The Morgan fingerprint density at radius 3 is 2.70 bits per heavy atom. The zero-order valence-electron chi connectivity index (χ0n) is 13.0. The second-order valence-electron chi connectivity index (χ2n) is 5.00. The van der Waals surface area contributed by atoms with Gasteiger partial charge in [0, 0.05) is 17.8 Å². The highest BCUT2D eigenvalue weighted by atomic mass is 16.5. The molecule has 0 fully saturated rings. The molecule has 0 aliphatic rings. The van der Waals surface area contributed by atoms with Gasteiger partial charge in [-0.1, -0.05) is 25.1 Å². The van der Waals surface area contributed by atoms with Crippen molar-refractivity contribution in [2.45, 2.75) is 20.3 Å². The Labute approximate surface area is 134 Å². The largest absolute Gasteiger partial charge is 0.618 e. The standard InChI is InChI=1S/C17H18N2O4/c1-3-13-8-6-7-12(2)16(13)18-15(20)11-23-17(21)14-9-4-5-10-19(14)22/h4-10H,3,11H2,1-2H3,(H,18,20). The van der Waals surface area contributed by atoms with Crippen molar-refractivity contribution in [2.75, 3.05) is 11.9 Å². The first-order chi connectivity index (χ1) is 11.0. The fourth-order valence-corrected chi connectivity index (χ4v) is 2.17. The SMILES string of the molecule is CCc1cccc(C)c1NC(=O)COC(=O)c1cccc[n+]1[O-]. The van der Waals surface area contributed by atoms with Gasteiger partial charge in [0.2, 0.25) is 0 Å². The number of anilines is 1. The maximum absolute atomic E-state index is 12.0. The van der Waals surface area contributed by atoms with E-state index < -0.39 is 18.5 Å². The fourth-order valence-electron chi connectivity index (χ4n) is 2.17. The van der Waals surface area contributed by atoms with Crippen LogP contribution in [0.1, 0.15) is 28.5 Å². The van der Waals surface area contributed by atoms with Crippen LogP contribution in [-0.2, 0) is 16.0 Å². The number of rotatable bonds is 5. The molecule has 0 radical (unpaired) electrons. The second kappa shape index (κ2) is 7.40. The van der Waals surface area contributed by atoms with E-state index in [1.807, 2.05) is 32.0 Å². The first-order valence-electron chi connectivity index (χ1n) is 7.26. The third-order valence-electron chi connectivity index (χ3n) is 3.37. The number of benzene rings is 1. The van der Waals surface area contributed by atoms with Gasteiger partial charge in [-0.05, 0) is 30.5 Å². The average Bonchev–Trinajstić information content (AvgIpc) is 2.55. The quantitative estimate of drug-likeness (QED) is 0.520. The lowest BCUT2D eigenvalue weighted by Gasteiger charge is -2.13. The Bertz CT molecular complexity index is 728. The number of carbonyl (C=O) groups excluding carboxylic acids is 2. The van der Waals surface area contributed by atoms with Crippen LogP contribution in [0.25, 0.3) is 0 Å². The molecule has 2 aromatic rings. The Balaban J connectivity index is 1.99. The smallest absolute Gasteiger partial charge is 0.405 e. The van der Waals surface area contributed by atoms with Crippen molar-refractivity contribution in [3.05, 3.63) is 64.6 Å². The van der Waals surface area contributed by atoms with E-state index in [0.717, 1.165) is 23.2 Å². The number of nitrogens with zero attached hydrogens (tertiary/aromatic N) is 1. The van der Waals surface area contributed by atoms with Crippen LogP contribution in [0.5, 0.6) is 0 Å². The summed E-state index contributed by atoms with van der Waals surface area (Å²) in [6.07, 6.45) is 1.97. The summed E-state index contributed by atoms with van der Waals surface area (Å²) in [5.74, 6) is -1.29. The van der Waals surface area contributed by atoms with Crippen molar-refractivity contribution in [3.63, 3.8) is 0 Å². The number of pyridine rings is 1. The van der Waals surface area contributed by atoms with Crippen molar-refractivity contribution in [2.24, 2.45) is 0 Å². The van der Waals surface area contributed by atoms with E-state index >= 15 is 0 Å². The van der Waals surface area contributed by atoms with Crippen LogP contribution in [-0.4, -0.2) is 18.5 Å². The highest BCUT2D eigenvalue weighted by Gasteiger charge is 2.18. The molecular weight excluding hydrogens is 296 g/mol. The van der Waals surface area contributed by atoms with Crippen LogP contribution >= 0.6 is 0 Å². The number of carbonyl (C=O) groups is 2. The van der Waals surface area contributed by atoms with Gasteiger partial charge < -0.3 is 15.3 Å². The molecule has 6 heteroatoms. The summed E-state index contributed by atoms with van der Waals surface area (Å²) in [4.78, 5) is 23.8. The van der Waals surface area contributed by atoms with Crippen molar-refractivity contribution in [1.29, 1.82) is 0 Å². The van der Waals surface area contributed by atoms with Gasteiger partial charge in [-0.25, -0.2) is 4.79 Å². The summed E-state index contributed by atoms with van der Waals surface area (Å²) in [7, 11) is 0. The van der Waals surface area contributed by atoms with Crippen LogP contribution < -0.4 is 10.0 Å². The molecule has 120 valence electrons. The zero-order chi connectivity index (χ0) is 16.8. The molecule has 0 saturated heterocycles. The molecule has 0 saturated carbocycles. The molecular formula is C17H18N2O4. The van der Waals surface area contributed by atoms with Gasteiger partial charge in [-0.3, -0.25) is 4.79 Å². The number of aromatic nitrogens is 1. The predicted molar refractivity (Wildman–Crippen MR) is 84.9 cm³/mol. The van der Waals surface area contributed by atoms with Crippen LogP contribution in [0, 0.1) is 12.1 Å². The summed E-state index contributed by atoms with van der Waals surface area (Å²) in [6, 6.07) is 10.1. The molecule has 0 bridgehead atoms. The van der Waals surface area contributed by atoms with Crippen LogP contribution in [0.4, 0.5) is 5.69 Å². The first-order valence-corrected chi connectivity index (χ1v) is 7.26. The van der Waals surface area contributed by atoms with Gasteiger partial charge in [0.1, 0.15) is 0 Å². The lowest BCUT2D eigenvalue weighted by atomic mass is 10.1. The van der Waals surface area contributed by atoms with Gasteiger partial charge in [0.15, 0.2) is 12.8 Å². The van der Waals surface area contributed by atoms with Crippen molar-refractivity contribution >= 4 is 17.6 Å². The molecule has 1 N–H and O–H groups in total. The van der Waals surface area contributed by atoms with Crippen molar-refractivity contribution < 1.29 is 19.1 Å². The Hall–Kier alpha value is -2.89. The van der Waals surface area contributed by atoms with E-state index in [1.54, 1.807) is 6.07 Å². The number of ether oxygens (including phenoxy) is 1. The molecule has 0 aliphatic carbocycles. The maximum Gasteiger partial charge on any atom is 0.405 e. The molecule has 0 unspecified atom stereocenters. The topological polar surface area (TPSA) is 82.3 Å². The Morgan fingerprint density at radius 2 is 2.00 bits per heavy atom. The number of hydrogen-bond donors (Lipinski definition) is 1.